The summed E-state index contributed by atoms with van der Waals surface area (Å²) in [6.45, 7) is 0.186. The molecule has 3 N–H and O–H groups in total. The van der Waals surface area contributed by atoms with Crippen molar-refractivity contribution in [2.75, 3.05) is 5.43 Å². The van der Waals surface area contributed by atoms with Crippen LogP contribution in [0.4, 0.5) is 11.4 Å². The van der Waals surface area contributed by atoms with Gasteiger partial charge in [0.15, 0.2) is 0 Å². The summed E-state index contributed by atoms with van der Waals surface area (Å²) in [6.07, 6.45) is 0. The lowest BCUT2D eigenvalue weighted by atomic mass is 10.2. The van der Waals surface area contributed by atoms with E-state index in [0.717, 1.165) is 0 Å². The van der Waals surface area contributed by atoms with Crippen molar-refractivity contribution in [2.24, 2.45) is 5.84 Å². The molecular formula is C13H11BrClN3O3. The Morgan fingerprint density at radius 2 is 2.10 bits per heavy atom. The fourth-order valence-electron chi connectivity index (χ4n) is 1.69. The van der Waals surface area contributed by atoms with Crippen LogP contribution in [-0.4, -0.2) is 4.92 Å². The van der Waals surface area contributed by atoms with Gasteiger partial charge < -0.3 is 10.2 Å². The molecular weight excluding hydrogens is 362 g/mol. The maximum atomic E-state index is 10.9. The zero-order valence-corrected chi connectivity index (χ0v) is 13.0. The number of hydrazine groups is 1. The lowest BCUT2D eigenvalue weighted by molar-refractivity contribution is -0.384. The van der Waals surface area contributed by atoms with E-state index in [9.17, 15) is 10.1 Å². The zero-order valence-electron chi connectivity index (χ0n) is 10.7. The van der Waals surface area contributed by atoms with E-state index in [1.165, 1.54) is 12.1 Å². The minimum Gasteiger partial charge on any atom is -0.488 e. The molecule has 110 valence electrons. The highest BCUT2D eigenvalue weighted by molar-refractivity contribution is 9.10. The Balaban J connectivity index is 2.16. The summed E-state index contributed by atoms with van der Waals surface area (Å²) >= 11 is 9.18. The first-order valence-electron chi connectivity index (χ1n) is 5.83. The van der Waals surface area contributed by atoms with Crippen molar-refractivity contribution in [3.05, 3.63) is 61.6 Å². The number of anilines is 1. The second-order valence-electron chi connectivity index (χ2n) is 4.12. The highest BCUT2D eigenvalue weighted by Crippen LogP contribution is 2.30. The first-order valence-corrected chi connectivity index (χ1v) is 7.00. The van der Waals surface area contributed by atoms with E-state index in [1.807, 2.05) is 0 Å². The maximum absolute atomic E-state index is 10.9. The highest BCUT2D eigenvalue weighted by Gasteiger charge is 2.14. The smallest absolute Gasteiger partial charge is 0.294 e. The molecule has 0 amide bonds. The molecule has 0 bridgehead atoms. The van der Waals surface area contributed by atoms with Crippen LogP contribution in [0.5, 0.6) is 5.75 Å². The van der Waals surface area contributed by atoms with E-state index in [4.69, 9.17) is 22.2 Å². The Bertz CT molecular complexity index is 682. The average Bonchev–Trinajstić information content (AvgIpc) is 2.46. The van der Waals surface area contributed by atoms with Crippen molar-refractivity contribution in [3.8, 4) is 5.75 Å². The normalized spacial score (nSPS) is 10.2. The quantitative estimate of drug-likeness (QED) is 0.472. The van der Waals surface area contributed by atoms with Gasteiger partial charge in [0.1, 0.15) is 18.0 Å². The van der Waals surface area contributed by atoms with Crippen molar-refractivity contribution in [2.45, 2.75) is 6.61 Å². The molecule has 0 radical (unpaired) electrons. The number of nitrogens with two attached hydrogens (primary N) is 1. The number of hydrogen-bond donors (Lipinski definition) is 2. The summed E-state index contributed by atoms with van der Waals surface area (Å²) in [5.74, 6) is 5.83. The van der Waals surface area contributed by atoms with Crippen molar-refractivity contribution < 1.29 is 9.66 Å². The van der Waals surface area contributed by atoms with Crippen LogP contribution < -0.4 is 16.0 Å². The van der Waals surface area contributed by atoms with Gasteiger partial charge in [-0.1, -0.05) is 17.7 Å². The number of nitrogens with zero attached hydrogens (tertiary/aromatic N) is 1. The lowest BCUT2D eigenvalue weighted by Gasteiger charge is -2.09. The fraction of sp³-hybridized carbons (Fsp3) is 0.0769. The molecule has 2 aromatic carbocycles. The number of nitro groups is 1. The molecule has 0 saturated carbocycles. The van der Waals surface area contributed by atoms with Gasteiger partial charge in [-0.15, -0.1) is 0 Å². The van der Waals surface area contributed by atoms with Crippen LogP contribution in [-0.2, 0) is 6.61 Å². The molecule has 0 aromatic heterocycles. The van der Waals surface area contributed by atoms with E-state index in [1.54, 1.807) is 24.3 Å². The number of hydrogen-bond acceptors (Lipinski definition) is 5. The number of nitrogen functional groups attached to an aromatic ring is 1. The number of rotatable bonds is 5. The van der Waals surface area contributed by atoms with Crippen LogP contribution in [0, 0.1) is 10.1 Å². The molecule has 2 aromatic rings. The predicted octanol–water partition coefficient (Wildman–Crippen LogP) is 3.88. The van der Waals surface area contributed by atoms with Crippen LogP contribution in [0.15, 0.2) is 40.9 Å². The summed E-state index contributed by atoms with van der Waals surface area (Å²) in [6, 6.07) is 9.78. The molecule has 0 heterocycles. The Morgan fingerprint density at radius 1 is 1.33 bits per heavy atom. The van der Waals surface area contributed by atoms with Gasteiger partial charge in [-0.05, 0) is 45.8 Å². The second-order valence-corrected chi connectivity index (χ2v) is 5.41. The molecule has 21 heavy (non-hydrogen) atoms. The Hall–Kier alpha value is -1.83. The van der Waals surface area contributed by atoms with Crippen LogP contribution in [0.3, 0.4) is 0 Å². The first-order chi connectivity index (χ1) is 10.0. The molecule has 0 aliphatic heterocycles. The van der Waals surface area contributed by atoms with E-state index < -0.39 is 4.92 Å². The van der Waals surface area contributed by atoms with Gasteiger partial charge in [0, 0.05) is 11.1 Å². The van der Waals surface area contributed by atoms with E-state index >= 15 is 0 Å². The number of nitro benzene ring substituents is 1. The van der Waals surface area contributed by atoms with Crippen LogP contribution in [0.25, 0.3) is 0 Å². The molecule has 8 heteroatoms. The van der Waals surface area contributed by atoms with Gasteiger partial charge in [-0.3, -0.25) is 16.0 Å². The summed E-state index contributed by atoms with van der Waals surface area (Å²) in [5, 5.41) is 11.5. The molecule has 0 aliphatic rings. The second kappa shape index (κ2) is 6.75. The predicted molar refractivity (Wildman–Crippen MR) is 84.4 cm³/mol. The molecule has 0 atom stereocenters. The zero-order chi connectivity index (χ0) is 15.4. The fourth-order valence-corrected chi connectivity index (χ4v) is 2.49. The SMILES string of the molecule is NNc1ccc(COc2ccc(Cl)cc2Br)cc1[N+](=O)[O-]. The molecule has 2 rings (SSSR count). The summed E-state index contributed by atoms with van der Waals surface area (Å²) in [7, 11) is 0. The van der Waals surface area contributed by atoms with Crippen molar-refractivity contribution in [1.82, 2.24) is 0 Å². The minimum atomic E-state index is -0.503. The summed E-state index contributed by atoms with van der Waals surface area (Å²) < 4.78 is 6.32. The third-order valence-electron chi connectivity index (χ3n) is 2.70. The Morgan fingerprint density at radius 3 is 2.71 bits per heavy atom. The van der Waals surface area contributed by atoms with Gasteiger partial charge in [-0.2, -0.15) is 0 Å². The van der Waals surface area contributed by atoms with Gasteiger partial charge >= 0.3 is 0 Å². The number of ether oxygens (including phenoxy) is 1. The largest absolute Gasteiger partial charge is 0.488 e. The molecule has 0 unspecified atom stereocenters. The van der Waals surface area contributed by atoms with Crippen molar-refractivity contribution in [3.63, 3.8) is 0 Å². The molecule has 0 spiro atoms. The van der Waals surface area contributed by atoms with Crippen LogP contribution >= 0.6 is 27.5 Å². The van der Waals surface area contributed by atoms with Gasteiger partial charge in [0.05, 0.1) is 9.40 Å². The molecule has 0 aliphatic carbocycles. The number of halogens is 2. The minimum absolute atomic E-state index is 0.103. The molecule has 6 nitrogen and oxygen atoms in total. The summed E-state index contributed by atoms with van der Waals surface area (Å²) in [5.41, 5.74) is 3.09. The van der Waals surface area contributed by atoms with Crippen molar-refractivity contribution >= 4 is 38.9 Å². The van der Waals surface area contributed by atoms with E-state index in [-0.39, 0.29) is 18.0 Å². The maximum Gasteiger partial charge on any atom is 0.294 e. The number of benzene rings is 2. The van der Waals surface area contributed by atoms with E-state index in [2.05, 4.69) is 21.4 Å². The lowest BCUT2D eigenvalue weighted by Crippen LogP contribution is -2.09. The van der Waals surface area contributed by atoms with Gasteiger partial charge in [-0.25, -0.2) is 0 Å². The summed E-state index contributed by atoms with van der Waals surface area (Å²) in [4.78, 5) is 10.4. The average molecular weight is 373 g/mol. The van der Waals surface area contributed by atoms with Crippen LogP contribution in [0.1, 0.15) is 5.56 Å². The monoisotopic (exact) mass is 371 g/mol. The Kier molecular flexibility index (Phi) is 5.00. The van der Waals surface area contributed by atoms with Gasteiger partial charge in [0.25, 0.3) is 5.69 Å². The number of nitrogens with one attached hydrogen (secondary N) is 1. The molecule has 0 saturated heterocycles. The highest BCUT2D eigenvalue weighted by atomic mass is 79.9. The first kappa shape index (κ1) is 15.6. The molecule has 0 fully saturated rings. The topological polar surface area (TPSA) is 90.4 Å². The van der Waals surface area contributed by atoms with Gasteiger partial charge in [0.2, 0.25) is 0 Å². The Labute approximate surface area is 134 Å². The van der Waals surface area contributed by atoms with Crippen molar-refractivity contribution in [1.29, 1.82) is 0 Å². The third kappa shape index (κ3) is 3.84. The van der Waals surface area contributed by atoms with E-state index in [0.29, 0.717) is 20.8 Å². The third-order valence-corrected chi connectivity index (χ3v) is 3.56. The standard InChI is InChI=1S/C13H11BrClN3O3/c14-10-6-9(15)2-4-13(10)21-7-8-1-3-11(17-16)12(5-8)18(19)20/h1-6,17H,7,16H2. The van der Waals surface area contributed by atoms with Crippen LogP contribution in [0.2, 0.25) is 5.02 Å².